The van der Waals surface area contributed by atoms with Crippen LogP contribution in [0.25, 0.3) is 0 Å². The van der Waals surface area contributed by atoms with Gasteiger partial charge in [-0.25, -0.2) is 0 Å². The second-order valence-corrected chi connectivity index (χ2v) is 6.66. The molecule has 0 N–H and O–H groups in total. The van der Waals surface area contributed by atoms with Gasteiger partial charge < -0.3 is 0 Å². The Morgan fingerprint density at radius 1 is 0.962 bits per heavy atom. The van der Waals surface area contributed by atoms with Gasteiger partial charge in [0.15, 0.2) is 5.78 Å². The number of ketones is 1. The van der Waals surface area contributed by atoms with Gasteiger partial charge in [0.2, 0.25) is 0 Å². The highest BCUT2D eigenvalue weighted by molar-refractivity contribution is 6.14. The van der Waals surface area contributed by atoms with E-state index in [-0.39, 0.29) is 18.2 Å². The average molecular weight is 340 g/mol. The third kappa shape index (κ3) is 3.21. The van der Waals surface area contributed by atoms with Crippen LogP contribution in [0.2, 0.25) is 0 Å². The summed E-state index contributed by atoms with van der Waals surface area (Å²) in [6.07, 6.45) is 4.61. The van der Waals surface area contributed by atoms with Crippen LogP contribution in [0.5, 0.6) is 0 Å². The Balaban J connectivity index is 1.79. The SMILES string of the molecule is CC1=NCC(=O)c2ccc(C(Cc3ccccc3)c3cccnc3)cc21. The average Bonchev–Trinajstić information content (AvgIpc) is 2.70. The molecule has 26 heavy (non-hydrogen) atoms. The number of nitrogens with zero attached hydrogens (tertiary/aromatic N) is 2. The zero-order valence-corrected chi connectivity index (χ0v) is 14.7. The van der Waals surface area contributed by atoms with E-state index >= 15 is 0 Å². The summed E-state index contributed by atoms with van der Waals surface area (Å²) in [6, 6.07) is 20.7. The maximum absolute atomic E-state index is 12.2. The zero-order chi connectivity index (χ0) is 17.9. The molecular weight excluding hydrogens is 320 g/mol. The van der Waals surface area contributed by atoms with Crippen molar-refractivity contribution in [3.8, 4) is 0 Å². The van der Waals surface area contributed by atoms with E-state index in [9.17, 15) is 4.79 Å². The van der Waals surface area contributed by atoms with E-state index in [0.29, 0.717) is 0 Å². The Morgan fingerprint density at radius 2 is 1.81 bits per heavy atom. The lowest BCUT2D eigenvalue weighted by atomic mass is 9.84. The molecule has 0 spiro atoms. The van der Waals surface area contributed by atoms with Crippen molar-refractivity contribution in [3.05, 3.63) is 101 Å². The van der Waals surface area contributed by atoms with Crippen LogP contribution in [0.4, 0.5) is 0 Å². The van der Waals surface area contributed by atoms with Gasteiger partial charge in [-0.05, 0) is 42.2 Å². The fraction of sp³-hybridized carbons (Fsp3) is 0.174. The Bertz CT molecular complexity index is 962. The number of Topliss-reactive ketones (excluding diaryl/α,β-unsaturated/α-hetero) is 1. The Kier molecular flexibility index (Phi) is 4.44. The van der Waals surface area contributed by atoms with E-state index in [1.165, 1.54) is 16.7 Å². The topological polar surface area (TPSA) is 42.3 Å². The van der Waals surface area contributed by atoms with Crippen molar-refractivity contribution in [1.82, 2.24) is 4.98 Å². The monoisotopic (exact) mass is 340 g/mol. The van der Waals surface area contributed by atoms with Crippen molar-refractivity contribution in [2.45, 2.75) is 19.3 Å². The van der Waals surface area contributed by atoms with Crippen LogP contribution in [0.3, 0.4) is 0 Å². The lowest BCUT2D eigenvalue weighted by Gasteiger charge is -2.21. The number of hydrogen-bond acceptors (Lipinski definition) is 3. The minimum Gasteiger partial charge on any atom is -0.292 e. The van der Waals surface area contributed by atoms with E-state index in [4.69, 9.17) is 0 Å². The number of pyridine rings is 1. The number of carbonyl (C=O) groups is 1. The summed E-state index contributed by atoms with van der Waals surface area (Å²) in [5, 5.41) is 0. The van der Waals surface area contributed by atoms with E-state index in [0.717, 1.165) is 23.3 Å². The number of aliphatic imine (C=N–C) groups is 1. The smallest absolute Gasteiger partial charge is 0.184 e. The second-order valence-electron chi connectivity index (χ2n) is 6.66. The van der Waals surface area contributed by atoms with Crippen LogP contribution in [-0.2, 0) is 6.42 Å². The van der Waals surface area contributed by atoms with Gasteiger partial charge >= 0.3 is 0 Å². The molecule has 2 aromatic carbocycles. The first kappa shape index (κ1) is 16.4. The fourth-order valence-electron chi connectivity index (χ4n) is 3.54. The zero-order valence-electron chi connectivity index (χ0n) is 14.7. The van der Waals surface area contributed by atoms with E-state index in [1.807, 2.05) is 31.3 Å². The van der Waals surface area contributed by atoms with Crippen LogP contribution >= 0.6 is 0 Å². The molecule has 0 bridgehead atoms. The minimum atomic E-state index is 0.0955. The third-order valence-corrected chi connectivity index (χ3v) is 4.97. The Labute approximate surface area is 153 Å². The second kappa shape index (κ2) is 7.04. The standard InChI is InChI=1S/C23H20N2O/c1-16-21-13-18(9-10-20(21)23(26)15-25-16)22(19-8-5-11-24-14-19)12-17-6-3-2-4-7-17/h2-11,13-14,22H,12,15H2,1H3. The van der Waals surface area contributed by atoms with Crippen LogP contribution in [-0.4, -0.2) is 23.0 Å². The van der Waals surface area contributed by atoms with Crippen molar-refractivity contribution >= 4 is 11.5 Å². The number of fused-ring (bicyclic) bond motifs is 1. The first-order valence-electron chi connectivity index (χ1n) is 8.85. The van der Waals surface area contributed by atoms with Crippen molar-refractivity contribution < 1.29 is 4.79 Å². The van der Waals surface area contributed by atoms with Crippen molar-refractivity contribution in [3.63, 3.8) is 0 Å². The molecule has 128 valence electrons. The van der Waals surface area contributed by atoms with Crippen LogP contribution < -0.4 is 0 Å². The van der Waals surface area contributed by atoms with Crippen molar-refractivity contribution in [1.29, 1.82) is 0 Å². The molecule has 1 atom stereocenters. The quantitative estimate of drug-likeness (QED) is 0.703. The maximum atomic E-state index is 12.2. The normalized spacial score (nSPS) is 14.5. The highest BCUT2D eigenvalue weighted by Crippen LogP contribution is 2.30. The molecule has 3 nitrogen and oxygen atoms in total. The van der Waals surface area contributed by atoms with Crippen LogP contribution in [0, 0.1) is 0 Å². The molecule has 3 heteroatoms. The van der Waals surface area contributed by atoms with Crippen molar-refractivity contribution in [2.75, 3.05) is 6.54 Å². The van der Waals surface area contributed by atoms with Crippen LogP contribution in [0.15, 0.2) is 78.0 Å². The number of hydrogen-bond donors (Lipinski definition) is 0. The molecule has 0 amide bonds. The van der Waals surface area contributed by atoms with Crippen LogP contribution in [0.1, 0.15) is 45.5 Å². The van der Waals surface area contributed by atoms with Gasteiger partial charge in [-0.3, -0.25) is 14.8 Å². The molecule has 1 unspecified atom stereocenters. The van der Waals surface area contributed by atoms with Gasteiger partial charge in [0, 0.05) is 35.2 Å². The molecule has 1 aromatic heterocycles. The first-order valence-corrected chi connectivity index (χ1v) is 8.85. The molecule has 0 saturated heterocycles. The van der Waals surface area contributed by atoms with Crippen molar-refractivity contribution in [2.24, 2.45) is 4.99 Å². The Hall–Kier alpha value is -3.07. The number of carbonyl (C=O) groups excluding carboxylic acids is 1. The molecule has 4 rings (SSSR count). The summed E-state index contributed by atoms with van der Waals surface area (Å²) in [4.78, 5) is 20.8. The highest BCUT2D eigenvalue weighted by Gasteiger charge is 2.22. The summed E-state index contributed by atoms with van der Waals surface area (Å²) < 4.78 is 0. The summed E-state index contributed by atoms with van der Waals surface area (Å²) in [6.45, 7) is 2.24. The highest BCUT2D eigenvalue weighted by atomic mass is 16.1. The fourth-order valence-corrected chi connectivity index (χ4v) is 3.54. The van der Waals surface area contributed by atoms with Gasteiger partial charge in [-0.15, -0.1) is 0 Å². The maximum Gasteiger partial charge on any atom is 0.184 e. The summed E-state index contributed by atoms with van der Waals surface area (Å²) in [5.74, 6) is 0.277. The van der Waals surface area contributed by atoms with E-state index in [2.05, 4.69) is 52.4 Å². The molecule has 0 fully saturated rings. The largest absolute Gasteiger partial charge is 0.292 e. The molecule has 3 aromatic rings. The number of aromatic nitrogens is 1. The lowest BCUT2D eigenvalue weighted by molar-refractivity contribution is 0.1000. The van der Waals surface area contributed by atoms with Gasteiger partial charge in [0.25, 0.3) is 0 Å². The number of benzene rings is 2. The molecule has 2 heterocycles. The number of rotatable bonds is 4. The van der Waals surface area contributed by atoms with Gasteiger partial charge in [0.1, 0.15) is 6.54 Å². The molecule has 0 radical (unpaired) electrons. The predicted molar refractivity (Wildman–Crippen MR) is 104 cm³/mol. The Morgan fingerprint density at radius 3 is 2.58 bits per heavy atom. The predicted octanol–water partition coefficient (Wildman–Crippen LogP) is 4.46. The summed E-state index contributed by atoms with van der Waals surface area (Å²) >= 11 is 0. The molecule has 1 aliphatic heterocycles. The van der Waals surface area contributed by atoms with E-state index in [1.54, 1.807) is 6.20 Å². The van der Waals surface area contributed by atoms with Gasteiger partial charge in [0.05, 0.1) is 0 Å². The summed E-state index contributed by atoms with van der Waals surface area (Å²) in [5.41, 5.74) is 6.32. The van der Waals surface area contributed by atoms with Gasteiger partial charge in [-0.1, -0.05) is 48.5 Å². The summed E-state index contributed by atoms with van der Waals surface area (Å²) in [7, 11) is 0. The molecule has 0 aliphatic carbocycles. The minimum absolute atomic E-state index is 0.0955. The van der Waals surface area contributed by atoms with E-state index < -0.39 is 0 Å². The molecular formula is C23H20N2O. The molecule has 0 saturated carbocycles. The molecule has 1 aliphatic rings. The lowest BCUT2D eigenvalue weighted by Crippen LogP contribution is -2.18. The van der Waals surface area contributed by atoms with Gasteiger partial charge in [-0.2, -0.15) is 0 Å². The first-order chi connectivity index (χ1) is 12.7. The third-order valence-electron chi connectivity index (χ3n) is 4.97.